The molecule has 0 spiro atoms. The number of aryl methyl sites for hydroxylation is 1. The van der Waals surface area contributed by atoms with Crippen LogP contribution in [0.25, 0.3) is 5.69 Å². The van der Waals surface area contributed by atoms with Crippen molar-refractivity contribution in [1.29, 1.82) is 0 Å². The van der Waals surface area contributed by atoms with E-state index in [1.807, 2.05) is 74.0 Å². The van der Waals surface area contributed by atoms with E-state index in [2.05, 4.69) is 20.8 Å². The van der Waals surface area contributed by atoms with Crippen molar-refractivity contribution < 1.29 is 19.1 Å². The number of ether oxygens (including phenoxy) is 1. The van der Waals surface area contributed by atoms with Gasteiger partial charge in [0.1, 0.15) is 24.2 Å². The van der Waals surface area contributed by atoms with Crippen LogP contribution in [0.15, 0.2) is 71.7 Å². The fraction of sp³-hybridized carbons (Fsp3) is 0.303. The molecule has 0 aliphatic carbocycles. The predicted octanol–water partition coefficient (Wildman–Crippen LogP) is 4.74. The monoisotopic (exact) mass is 644 g/mol. The maximum absolute atomic E-state index is 12.7. The zero-order chi connectivity index (χ0) is 32.1. The molecule has 45 heavy (non-hydrogen) atoms. The van der Waals surface area contributed by atoms with Crippen molar-refractivity contribution in [3.63, 3.8) is 0 Å². The number of nitrogens with one attached hydrogen (secondary N) is 2. The minimum Gasteiger partial charge on any atom is -0.492 e. The fourth-order valence-corrected chi connectivity index (χ4v) is 6.65. The highest BCUT2D eigenvalue weighted by Crippen LogP contribution is 2.34. The summed E-state index contributed by atoms with van der Waals surface area (Å²) in [5, 5.41) is 15.1. The van der Waals surface area contributed by atoms with E-state index in [9.17, 15) is 14.4 Å². The lowest BCUT2D eigenvalue weighted by molar-refractivity contribution is -0.121. The van der Waals surface area contributed by atoms with E-state index < -0.39 is 14.4 Å². The maximum atomic E-state index is 12.7. The number of nitrogens with zero attached hydrogens (tertiary/aromatic N) is 4. The van der Waals surface area contributed by atoms with E-state index in [1.165, 1.54) is 0 Å². The average Bonchev–Trinajstić information content (AvgIpc) is 3.32. The summed E-state index contributed by atoms with van der Waals surface area (Å²) in [4.78, 5) is 40.6. The molecule has 0 unspecified atom stereocenters. The summed E-state index contributed by atoms with van der Waals surface area (Å²) in [5.74, 6) is 1.53. The zero-order valence-electron chi connectivity index (χ0n) is 25.8. The Kier molecular flexibility index (Phi) is 9.81. The van der Waals surface area contributed by atoms with Crippen molar-refractivity contribution >= 4 is 37.4 Å². The Labute approximate surface area is 268 Å². The van der Waals surface area contributed by atoms with E-state index in [0.29, 0.717) is 52.8 Å². The highest BCUT2D eigenvalue weighted by atomic mass is 35.5. The molecule has 2 amide bonds. The molecule has 0 fully saturated rings. The van der Waals surface area contributed by atoms with Crippen molar-refractivity contribution in [2.24, 2.45) is 4.99 Å². The first-order chi connectivity index (χ1) is 21.5. The number of hydrogen-bond acceptors (Lipinski definition) is 7. The third-order valence-corrected chi connectivity index (χ3v) is 8.80. The number of rotatable bonds is 11. The molecule has 0 saturated heterocycles. The van der Waals surface area contributed by atoms with Crippen molar-refractivity contribution in [3.8, 4) is 11.4 Å². The lowest BCUT2D eigenvalue weighted by atomic mass is 10.00. The molecule has 0 saturated carbocycles. The van der Waals surface area contributed by atoms with Gasteiger partial charge in [-0.2, -0.15) is 0 Å². The number of aromatic nitrogens is 3. The summed E-state index contributed by atoms with van der Waals surface area (Å²) in [7, 11) is -2.22. The third-order valence-electron chi connectivity index (χ3n) is 7.28. The number of hydrogen-bond donors (Lipinski definition) is 3. The van der Waals surface area contributed by atoms with Crippen LogP contribution in [-0.4, -0.2) is 65.1 Å². The second-order valence-corrected chi connectivity index (χ2v) is 16.0. The number of aliphatic imine (C=N–C) groups is 1. The third kappa shape index (κ3) is 7.86. The Bertz CT molecular complexity index is 1710. The SMILES string of the molecule is CCNC(=O)C[C@@H]1N=C(c2ccc(Cl)cc2)c2cc(OCCNC(=O)c3ccc(C[Si](C)(C)O)cc3)ccc2-n2c(C)nnc21. The Morgan fingerprint density at radius 1 is 1.02 bits per heavy atom. The lowest BCUT2D eigenvalue weighted by Crippen LogP contribution is -2.29. The Morgan fingerprint density at radius 3 is 2.44 bits per heavy atom. The van der Waals surface area contributed by atoms with Gasteiger partial charge >= 0.3 is 0 Å². The van der Waals surface area contributed by atoms with E-state index in [1.54, 1.807) is 24.3 Å². The van der Waals surface area contributed by atoms with Gasteiger partial charge < -0.3 is 20.2 Å². The molecule has 3 N–H and O–H groups in total. The second-order valence-electron chi connectivity index (χ2n) is 11.6. The van der Waals surface area contributed by atoms with Gasteiger partial charge in [-0.25, -0.2) is 0 Å². The van der Waals surface area contributed by atoms with Gasteiger partial charge in [0, 0.05) is 28.3 Å². The smallest absolute Gasteiger partial charge is 0.251 e. The topological polar surface area (TPSA) is 131 Å². The van der Waals surface area contributed by atoms with Crippen LogP contribution in [0.3, 0.4) is 0 Å². The average molecular weight is 645 g/mol. The van der Waals surface area contributed by atoms with Crippen molar-refractivity contribution in [1.82, 2.24) is 25.4 Å². The minimum absolute atomic E-state index is 0.115. The Balaban J connectivity index is 1.36. The van der Waals surface area contributed by atoms with Gasteiger partial charge in [-0.1, -0.05) is 35.9 Å². The molecular weight excluding hydrogens is 608 g/mol. The van der Waals surface area contributed by atoms with Crippen LogP contribution in [0.1, 0.15) is 58.1 Å². The van der Waals surface area contributed by atoms with Crippen molar-refractivity contribution in [3.05, 3.63) is 106 Å². The summed E-state index contributed by atoms with van der Waals surface area (Å²) in [6.07, 6.45) is 0.115. The van der Waals surface area contributed by atoms with Gasteiger partial charge in [0.15, 0.2) is 14.1 Å². The molecule has 12 heteroatoms. The molecule has 1 atom stereocenters. The summed E-state index contributed by atoms with van der Waals surface area (Å²) in [6, 6.07) is 20.5. The Hall–Kier alpha value is -4.32. The first kappa shape index (κ1) is 32.1. The van der Waals surface area contributed by atoms with E-state index >= 15 is 0 Å². The summed E-state index contributed by atoms with van der Waals surface area (Å²) in [6.45, 7) is 8.59. The van der Waals surface area contributed by atoms with Gasteiger partial charge in [-0.05, 0) is 81.0 Å². The van der Waals surface area contributed by atoms with Crippen LogP contribution < -0.4 is 15.4 Å². The number of benzene rings is 3. The number of fused-ring (bicyclic) bond motifs is 3. The fourth-order valence-electron chi connectivity index (χ4n) is 5.29. The molecule has 0 radical (unpaired) electrons. The molecule has 234 valence electrons. The van der Waals surface area contributed by atoms with E-state index in [4.69, 9.17) is 21.3 Å². The largest absolute Gasteiger partial charge is 0.492 e. The van der Waals surface area contributed by atoms with Crippen LogP contribution in [0.5, 0.6) is 5.75 Å². The molecule has 0 bridgehead atoms. The number of halogens is 1. The van der Waals surface area contributed by atoms with E-state index in [-0.39, 0.29) is 24.8 Å². The van der Waals surface area contributed by atoms with Gasteiger partial charge in [0.05, 0.1) is 24.4 Å². The molecule has 5 rings (SSSR count). The quantitative estimate of drug-likeness (QED) is 0.160. The predicted molar refractivity (Wildman–Crippen MR) is 177 cm³/mol. The number of carbonyl (C=O) groups is 2. The van der Waals surface area contributed by atoms with Crippen molar-refractivity contribution in [2.75, 3.05) is 19.7 Å². The maximum Gasteiger partial charge on any atom is 0.251 e. The molecule has 1 aromatic heterocycles. The second kappa shape index (κ2) is 13.8. The number of amides is 2. The van der Waals surface area contributed by atoms with Crippen LogP contribution in [0.4, 0.5) is 0 Å². The molecule has 3 aromatic carbocycles. The lowest BCUT2D eigenvalue weighted by Gasteiger charge is -2.15. The van der Waals surface area contributed by atoms with Gasteiger partial charge in [-0.15, -0.1) is 10.2 Å². The molecule has 1 aliphatic heterocycles. The van der Waals surface area contributed by atoms with Crippen LogP contribution >= 0.6 is 11.6 Å². The van der Waals surface area contributed by atoms with Crippen LogP contribution in [0, 0.1) is 6.92 Å². The zero-order valence-corrected chi connectivity index (χ0v) is 27.6. The Morgan fingerprint density at radius 2 is 1.76 bits per heavy atom. The first-order valence-corrected chi connectivity index (χ1v) is 18.4. The molecule has 10 nitrogen and oxygen atoms in total. The summed E-state index contributed by atoms with van der Waals surface area (Å²) < 4.78 is 8.02. The highest BCUT2D eigenvalue weighted by molar-refractivity contribution is 6.69. The number of carbonyl (C=O) groups excluding carboxylic acids is 2. The van der Waals surface area contributed by atoms with Gasteiger partial charge in [0.25, 0.3) is 5.91 Å². The summed E-state index contributed by atoms with van der Waals surface area (Å²) >= 11 is 6.21. The highest BCUT2D eigenvalue weighted by Gasteiger charge is 2.30. The van der Waals surface area contributed by atoms with Gasteiger partial charge in [0.2, 0.25) is 5.91 Å². The first-order valence-electron chi connectivity index (χ1n) is 14.9. The standard InChI is InChI=1S/C33H37ClN6O4Si/c1-5-35-30(41)19-28-32-39-38-21(2)40(32)29-15-14-26(18-27(29)31(37-28)23-10-12-25(34)13-11-23)44-17-16-36-33(42)24-8-6-22(7-9-24)20-45(3,4)43/h6-15,18,28,43H,5,16-17,19-20H2,1-4H3,(H,35,41)(H,36,42)/t28-/m0/s1. The minimum atomic E-state index is -2.22. The van der Waals surface area contributed by atoms with Crippen LogP contribution in [-0.2, 0) is 10.8 Å². The molecular formula is C33H37ClN6O4Si. The molecule has 2 heterocycles. The van der Waals surface area contributed by atoms with E-state index in [0.717, 1.165) is 22.4 Å². The summed E-state index contributed by atoms with van der Waals surface area (Å²) in [5.41, 5.74) is 4.68. The normalized spacial score (nSPS) is 14.1. The molecule has 1 aliphatic rings. The van der Waals surface area contributed by atoms with Crippen molar-refractivity contribution in [2.45, 2.75) is 45.4 Å². The molecule has 4 aromatic rings. The van der Waals surface area contributed by atoms with Crippen LogP contribution in [0.2, 0.25) is 18.1 Å². The van der Waals surface area contributed by atoms with Gasteiger partial charge in [-0.3, -0.25) is 19.1 Å².